The highest BCUT2D eigenvalue weighted by Crippen LogP contribution is 2.34. The Labute approximate surface area is 188 Å². The molecule has 9 nitrogen and oxygen atoms in total. The van der Waals surface area contributed by atoms with Gasteiger partial charge in [0, 0.05) is 13.5 Å². The number of carbonyl (C=O) groups is 2. The van der Waals surface area contributed by atoms with Crippen LogP contribution in [-0.4, -0.2) is 27.3 Å². The number of nitrogens with zero attached hydrogens (tertiary/aromatic N) is 2. The Morgan fingerprint density at radius 3 is 2.39 bits per heavy atom. The van der Waals surface area contributed by atoms with Gasteiger partial charge in [0.05, 0.1) is 22.3 Å². The first-order valence-corrected chi connectivity index (χ1v) is 9.83. The Bertz CT molecular complexity index is 1300. The molecular formula is C23H23FN6O3. The smallest absolute Gasteiger partial charge is 0.323 e. The van der Waals surface area contributed by atoms with Gasteiger partial charge in [0.2, 0.25) is 0 Å². The zero-order chi connectivity index (χ0) is 24.1. The average Bonchev–Trinajstić information content (AvgIpc) is 3.16. The molecule has 0 bridgehead atoms. The number of carboxylic acid groups (broad SMARTS) is 1. The highest BCUT2D eigenvalue weighted by atomic mass is 19.1. The summed E-state index contributed by atoms with van der Waals surface area (Å²) in [5, 5.41) is 15.2. The number of urea groups is 1. The number of primary amides is 1. The second-order valence-corrected chi connectivity index (χ2v) is 7.07. The number of aliphatic carboxylic acids is 1. The van der Waals surface area contributed by atoms with Crippen molar-refractivity contribution in [2.24, 2.45) is 11.5 Å². The molecule has 0 atom stereocenters. The van der Waals surface area contributed by atoms with E-state index in [2.05, 4.69) is 10.2 Å². The van der Waals surface area contributed by atoms with Crippen molar-refractivity contribution in [3.8, 4) is 11.1 Å². The fourth-order valence-electron chi connectivity index (χ4n) is 3.37. The molecule has 0 spiro atoms. The molecule has 0 unspecified atom stereocenters. The van der Waals surface area contributed by atoms with Gasteiger partial charge in [-0.1, -0.05) is 30.3 Å². The number of nitrogens with one attached hydrogen (secondary N) is 1. The number of aromatic nitrogens is 2. The molecule has 1 aromatic heterocycles. The largest absolute Gasteiger partial charge is 0.481 e. The third kappa shape index (κ3) is 5.08. The monoisotopic (exact) mass is 450 g/mol. The van der Waals surface area contributed by atoms with Gasteiger partial charge in [0.1, 0.15) is 5.82 Å². The maximum absolute atomic E-state index is 14.4. The summed E-state index contributed by atoms with van der Waals surface area (Å²) < 4.78 is 14.4. The van der Waals surface area contributed by atoms with Gasteiger partial charge in [0.15, 0.2) is 5.82 Å². The van der Waals surface area contributed by atoms with Gasteiger partial charge >= 0.3 is 6.03 Å². The van der Waals surface area contributed by atoms with Gasteiger partial charge in [-0.15, -0.1) is 0 Å². The molecule has 4 rings (SSSR count). The molecule has 1 heterocycles. The second-order valence-electron chi connectivity index (χ2n) is 7.07. The van der Waals surface area contributed by atoms with Crippen LogP contribution in [0.1, 0.15) is 12.5 Å². The maximum Gasteiger partial charge on any atom is 0.323 e. The molecule has 0 fully saturated rings. The number of fused-ring (bicyclic) bond motifs is 1. The molecule has 2 amide bonds. The van der Waals surface area contributed by atoms with Gasteiger partial charge in [-0.25, -0.2) is 9.18 Å². The Morgan fingerprint density at radius 1 is 1.12 bits per heavy atom. The van der Waals surface area contributed by atoms with Crippen molar-refractivity contribution in [2.45, 2.75) is 13.5 Å². The third-order valence-corrected chi connectivity index (χ3v) is 4.76. The number of carbonyl (C=O) groups excluding carboxylic acids is 1. The number of carboxylic acids is 1. The van der Waals surface area contributed by atoms with Crippen LogP contribution in [0, 0.1) is 5.82 Å². The number of benzene rings is 3. The average molecular weight is 450 g/mol. The van der Waals surface area contributed by atoms with Crippen molar-refractivity contribution in [3.05, 3.63) is 72.0 Å². The van der Waals surface area contributed by atoms with E-state index in [0.29, 0.717) is 17.1 Å². The fourth-order valence-corrected chi connectivity index (χ4v) is 3.37. The molecule has 0 aliphatic rings. The highest BCUT2D eigenvalue weighted by molar-refractivity contribution is 6.02. The van der Waals surface area contributed by atoms with E-state index in [1.54, 1.807) is 18.2 Å². The molecular weight excluding hydrogens is 427 g/mol. The summed E-state index contributed by atoms with van der Waals surface area (Å²) in [6.45, 7) is 1.30. The number of nitrogen functional groups attached to an aromatic ring is 1. The lowest BCUT2D eigenvalue weighted by Gasteiger charge is -2.22. The van der Waals surface area contributed by atoms with E-state index >= 15 is 0 Å². The van der Waals surface area contributed by atoms with Gasteiger partial charge in [0.25, 0.3) is 5.97 Å². The van der Waals surface area contributed by atoms with Crippen LogP contribution >= 0.6 is 0 Å². The van der Waals surface area contributed by atoms with E-state index in [1.165, 1.54) is 12.1 Å². The molecule has 33 heavy (non-hydrogen) atoms. The summed E-state index contributed by atoms with van der Waals surface area (Å²) >= 11 is 0. The van der Waals surface area contributed by atoms with Crippen LogP contribution < -0.4 is 22.1 Å². The lowest BCUT2D eigenvalue weighted by Crippen LogP contribution is -2.32. The van der Waals surface area contributed by atoms with E-state index in [9.17, 15) is 9.18 Å². The number of halogens is 1. The molecule has 4 aromatic rings. The Kier molecular flexibility index (Phi) is 6.89. The molecule has 3 aromatic carbocycles. The van der Waals surface area contributed by atoms with E-state index < -0.39 is 17.8 Å². The first-order valence-electron chi connectivity index (χ1n) is 9.83. The molecule has 10 heteroatoms. The van der Waals surface area contributed by atoms with Gasteiger partial charge < -0.3 is 22.3 Å². The normalized spacial score (nSPS) is 10.4. The van der Waals surface area contributed by atoms with Crippen molar-refractivity contribution in [2.75, 3.05) is 10.6 Å². The molecule has 0 aliphatic carbocycles. The van der Waals surface area contributed by atoms with Crippen LogP contribution in [0.5, 0.6) is 0 Å². The van der Waals surface area contributed by atoms with Crippen LogP contribution in [0.25, 0.3) is 22.0 Å². The first kappa shape index (κ1) is 23.2. The van der Waals surface area contributed by atoms with Crippen LogP contribution in [0.4, 0.5) is 26.4 Å². The number of anilines is 3. The van der Waals surface area contributed by atoms with Crippen molar-refractivity contribution in [1.29, 1.82) is 0 Å². The SMILES string of the molecule is CC(=O)O.NCc1ccc(F)c(N(C(N)=O)c2ccc(-c3cccc4[nH]nc(N)c34)cc2)c1. The van der Waals surface area contributed by atoms with Gasteiger partial charge in [-0.05, 0) is 47.0 Å². The number of aromatic amines is 1. The fraction of sp³-hybridized carbons (Fsp3) is 0.0870. The highest BCUT2D eigenvalue weighted by Gasteiger charge is 2.20. The van der Waals surface area contributed by atoms with E-state index in [0.717, 1.165) is 33.9 Å². The minimum Gasteiger partial charge on any atom is -0.481 e. The molecule has 0 saturated carbocycles. The Hall–Kier alpha value is -4.44. The Balaban J connectivity index is 0.000000709. The van der Waals surface area contributed by atoms with E-state index in [4.69, 9.17) is 27.1 Å². The Morgan fingerprint density at radius 2 is 1.79 bits per heavy atom. The predicted octanol–water partition coefficient (Wildman–Crippen LogP) is 3.72. The number of rotatable bonds is 4. The number of hydrogen-bond donors (Lipinski definition) is 5. The van der Waals surface area contributed by atoms with Crippen LogP contribution in [0.2, 0.25) is 0 Å². The molecule has 0 saturated heterocycles. The molecule has 8 N–H and O–H groups in total. The molecule has 0 aliphatic heterocycles. The quantitative estimate of drug-likeness (QED) is 0.318. The van der Waals surface area contributed by atoms with E-state index in [-0.39, 0.29) is 12.2 Å². The zero-order valence-electron chi connectivity index (χ0n) is 17.7. The first-order chi connectivity index (χ1) is 15.7. The van der Waals surface area contributed by atoms with Crippen LogP contribution in [0.3, 0.4) is 0 Å². The van der Waals surface area contributed by atoms with Crippen molar-refractivity contribution < 1.29 is 19.1 Å². The zero-order valence-corrected chi connectivity index (χ0v) is 17.7. The topological polar surface area (TPSA) is 164 Å². The second kappa shape index (κ2) is 9.79. The minimum atomic E-state index is -0.833. The number of hydrogen-bond acceptors (Lipinski definition) is 5. The maximum atomic E-state index is 14.4. The standard InChI is InChI=1S/C21H19FN6O.C2H4O2/c22-16-9-4-12(11-23)10-18(16)28(21(25)29)14-7-5-13(6-8-14)15-2-1-3-17-19(15)20(24)27-26-17;1-2(3)4/h1-10H,11,23H2,(H2,25,29)(H3,24,26,27);1H3,(H,3,4). The summed E-state index contributed by atoms with van der Waals surface area (Å²) in [5.41, 5.74) is 20.9. The summed E-state index contributed by atoms with van der Waals surface area (Å²) in [4.78, 5) is 22.2. The molecule has 0 radical (unpaired) electrons. The lowest BCUT2D eigenvalue weighted by molar-refractivity contribution is -0.134. The van der Waals surface area contributed by atoms with Crippen molar-refractivity contribution in [1.82, 2.24) is 10.2 Å². The van der Waals surface area contributed by atoms with E-state index in [1.807, 2.05) is 30.3 Å². The number of H-pyrrole nitrogens is 1. The minimum absolute atomic E-state index is 0.0504. The van der Waals surface area contributed by atoms with Crippen molar-refractivity contribution in [3.63, 3.8) is 0 Å². The number of nitrogens with two attached hydrogens (primary N) is 3. The van der Waals surface area contributed by atoms with Crippen LogP contribution in [-0.2, 0) is 11.3 Å². The van der Waals surface area contributed by atoms with Crippen molar-refractivity contribution >= 4 is 40.1 Å². The summed E-state index contributed by atoms with van der Waals surface area (Å²) in [7, 11) is 0. The van der Waals surface area contributed by atoms with Gasteiger partial charge in [-0.3, -0.25) is 14.8 Å². The van der Waals surface area contributed by atoms with Gasteiger partial charge in [-0.2, -0.15) is 5.10 Å². The summed E-state index contributed by atoms with van der Waals surface area (Å²) in [5.74, 6) is -1.000. The number of amides is 2. The molecule has 170 valence electrons. The van der Waals surface area contributed by atoms with Crippen LogP contribution in [0.15, 0.2) is 60.7 Å². The predicted molar refractivity (Wildman–Crippen MR) is 125 cm³/mol. The third-order valence-electron chi connectivity index (χ3n) is 4.76. The summed E-state index contributed by atoms with van der Waals surface area (Å²) in [6.07, 6.45) is 0. The lowest BCUT2D eigenvalue weighted by atomic mass is 10.0. The summed E-state index contributed by atoms with van der Waals surface area (Å²) in [6, 6.07) is 16.3.